The molecule has 0 saturated carbocycles. The first-order chi connectivity index (χ1) is 38.0. The Morgan fingerprint density at radius 1 is 0.346 bits per heavy atom. The Labute approximate surface area is 496 Å². The second kappa shape index (κ2) is 31.8. The van der Waals surface area contributed by atoms with Gasteiger partial charge in [-0.3, -0.25) is 9.78 Å². The van der Waals surface area contributed by atoms with Gasteiger partial charge in [0.1, 0.15) is 0 Å². The number of hydrogen-bond acceptors (Lipinski definition) is 2. The van der Waals surface area contributed by atoms with Crippen molar-refractivity contribution in [2.24, 2.45) is 23.7 Å². The molecular formula is C78H112N2O. The van der Waals surface area contributed by atoms with Gasteiger partial charge in [0.25, 0.3) is 5.56 Å². The van der Waals surface area contributed by atoms with E-state index in [1.54, 1.807) is 49.6 Å². The number of aromatic nitrogens is 2. The van der Waals surface area contributed by atoms with Gasteiger partial charge in [-0.2, -0.15) is 0 Å². The summed E-state index contributed by atoms with van der Waals surface area (Å²) in [5.74, 6) is 6.92. The van der Waals surface area contributed by atoms with Crippen LogP contribution in [-0.4, -0.2) is 9.55 Å². The van der Waals surface area contributed by atoms with Gasteiger partial charge in [0.05, 0.1) is 0 Å². The normalized spacial score (nSPS) is 14.6. The van der Waals surface area contributed by atoms with E-state index < -0.39 is 0 Å². The quantitative estimate of drug-likeness (QED) is 0.125. The van der Waals surface area contributed by atoms with Crippen molar-refractivity contribution in [3.8, 4) is 0 Å². The molecule has 0 spiro atoms. The van der Waals surface area contributed by atoms with Gasteiger partial charge in [-0.15, -0.1) is 0 Å². The lowest BCUT2D eigenvalue weighted by atomic mass is 9.95. The minimum atomic E-state index is 0.0983. The Morgan fingerprint density at radius 2 is 0.691 bits per heavy atom. The van der Waals surface area contributed by atoms with E-state index >= 15 is 0 Å². The van der Waals surface area contributed by atoms with E-state index in [9.17, 15) is 4.79 Å². The van der Waals surface area contributed by atoms with Crippen LogP contribution in [0.1, 0.15) is 278 Å². The summed E-state index contributed by atoms with van der Waals surface area (Å²) in [6.45, 7) is 53.1. The molecule has 0 atom stereocenters. The van der Waals surface area contributed by atoms with Gasteiger partial charge in [0.15, 0.2) is 0 Å². The molecule has 5 aromatic rings. The molecule has 4 aliphatic rings. The first-order valence-electron chi connectivity index (χ1n) is 31.5. The standard InChI is InChI=1S/C16H20.2C14H20.C12H18.C11H17NO.C11H17N/c1-11(2)13-5-7-16-10-14(12(3)4)6-8-15(16)9-13;2*1-9(2)11-5-13-7-12(10(3)4)8-14(13)6-11;1-9(2)11-5-7-12(8-6-11)10(3)4;1-8(2)10-5-6-12(9(3)4)11(13)7-10;1-8(2)10-5-6-11(9(3)4)12-7-10/h5-12H,1-4H3;5,8-10H,6-7H2,1-4H3;5,7,9-10H,6,8H2,1-4H3;5-10H,1-4H3;5-9H,1-4H3;5-9H,1-4H3. The lowest BCUT2D eigenvalue weighted by Gasteiger charge is -2.11. The van der Waals surface area contributed by atoms with Gasteiger partial charge in [-0.1, -0.05) is 271 Å². The minimum absolute atomic E-state index is 0.0983. The molecule has 0 bridgehead atoms. The second-order valence-corrected chi connectivity index (χ2v) is 27.2. The average Bonchev–Trinajstić information content (AvgIpc) is 4.23. The highest BCUT2D eigenvalue weighted by Crippen LogP contribution is 2.42. The van der Waals surface area contributed by atoms with Crippen LogP contribution in [0.5, 0.6) is 0 Å². The summed E-state index contributed by atoms with van der Waals surface area (Å²) >= 11 is 0. The van der Waals surface area contributed by atoms with Gasteiger partial charge in [0.2, 0.25) is 0 Å². The topological polar surface area (TPSA) is 34.9 Å². The summed E-state index contributed by atoms with van der Waals surface area (Å²) < 4.78 is 1.74. The summed E-state index contributed by atoms with van der Waals surface area (Å²) in [5.41, 5.74) is 22.3. The average molecular weight is 1090 g/mol. The van der Waals surface area contributed by atoms with Gasteiger partial charge in [-0.05, 0) is 178 Å². The molecule has 0 fully saturated rings. The molecule has 3 heteroatoms. The van der Waals surface area contributed by atoms with E-state index in [1.165, 1.54) is 75.5 Å². The van der Waals surface area contributed by atoms with Crippen LogP contribution in [0.25, 0.3) is 10.8 Å². The highest BCUT2D eigenvalue weighted by molar-refractivity contribution is 5.84. The maximum absolute atomic E-state index is 11.5. The molecule has 4 aliphatic carbocycles. The van der Waals surface area contributed by atoms with E-state index in [4.69, 9.17) is 0 Å². The van der Waals surface area contributed by atoms with Gasteiger partial charge in [0, 0.05) is 30.2 Å². The Bertz CT molecular complexity index is 2810. The highest BCUT2D eigenvalue weighted by atomic mass is 16.1. The lowest BCUT2D eigenvalue weighted by Crippen LogP contribution is -2.20. The van der Waals surface area contributed by atoms with Crippen molar-refractivity contribution in [3.05, 3.63) is 216 Å². The zero-order chi connectivity index (χ0) is 60.6. The van der Waals surface area contributed by atoms with Crippen LogP contribution in [-0.2, 0) is 0 Å². The van der Waals surface area contributed by atoms with Gasteiger partial charge < -0.3 is 4.57 Å². The number of pyridine rings is 2. The molecule has 3 aromatic carbocycles. The number of allylic oxidation sites excluding steroid dienone is 12. The molecule has 0 amide bonds. The van der Waals surface area contributed by atoms with Crippen molar-refractivity contribution in [2.45, 2.75) is 239 Å². The van der Waals surface area contributed by atoms with Crippen molar-refractivity contribution in [1.29, 1.82) is 0 Å². The molecule has 81 heavy (non-hydrogen) atoms. The van der Waals surface area contributed by atoms with Gasteiger partial charge >= 0.3 is 0 Å². The molecular weight excluding hydrogens is 981 g/mol. The van der Waals surface area contributed by atoms with Crippen LogP contribution in [0.3, 0.4) is 0 Å². The number of rotatable bonds is 12. The maximum atomic E-state index is 11.5. The first-order valence-corrected chi connectivity index (χ1v) is 31.5. The largest absolute Gasteiger partial charge is 0.313 e. The van der Waals surface area contributed by atoms with Crippen LogP contribution in [0.15, 0.2) is 171 Å². The van der Waals surface area contributed by atoms with E-state index in [-0.39, 0.29) is 11.6 Å². The summed E-state index contributed by atoms with van der Waals surface area (Å²) in [6.07, 6.45) is 18.5. The Balaban J connectivity index is 0.000000210. The second-order valence-electron chi connectivity index (χ2n) is 27.2. The summed E-state index contributed by atoms with van der Waals surface area (Å²) in [6, 6.07) is 30.8. The van der Waals surface area contributed by atoms with Crippen LogP contribution in [0.2, 0.25) is 0 Å². The number of benzene rings is 3. The van der Waals surface area contributed by atoms with Crippen molar-refractivity contribution in [3.63, 3.8) is 0 Å². The molecule has 0 saturated heterocycles. The SMILES string of the molecule is CC(C)C1=CC2=C(C1)CC(C(C)C)=C2.CC(C)C1=CC2=C(C=C(C(C)C)C2)C1.CC(C)c1ccc(C(C)C)cc1.CC(C)c1ccc(C(C)C)nc1.CC(C)c1ccc2cc(C(C)C)ccc2c1.CC(C)c1ccn(C(C)C)c(=O)c1. The van der Waals surface area contributed by atoms with Crippen LogP contribution in [0, 0.1) is 23.7 Å². The van der Waals surface area contributed by atoms with Gasteiger partial charge in [-0.25, -0.2) is 0 Å². The Morgan fingerprint density at radius 3 is 0.988 bits per heavy atom. The van der Waals surface area contributed by atoms with Crippen LogP contribution < -0.4 is 5.56 Å². The molecule has 2 heterocycles. The number of nitrogens with zero attached hydrogens (tertiary/aromatic N) is 2. The highest BCUT2D eigenvalue weighted by Gasteiger charge is 2.24. The van der Waals surface area contributed by atoms with Crippen LogP contribution in [0.4, 0.5) is 0 Å². The number of fused-ring (bicyclic) bond motifs is 1. The third kappa shape index (κ3) is 20.7. The summed E-state index contributed by atoms with van der Waals surface area (Å²) in [5, 5.41) is 2.71. The third-order valence-corrected chi connectivity index (χ3v) is 16.6. The molecule has 2 aromatic heterocycles. The molecule has 0 N–H and O–H groups in total. The zero-order valence-electron chi connectivity index (χ0n) is 55.6. The third-order valence-electron chi connectivity index (χ3n) is 16.6. The number of hydrogen-bond donors (Lipinski definition) is 0. The fourth-order valence-electron chi connectivity index (χ4n) is 10.2. The van der Waals surface area contributed by atoms with E-state index in [1.807, 2.05) is 32.3 Å². The van der Waals surface area contributed by atoms with E-state index in [2.05, 4.69) is 254 Å². The van der Waals surface area contributed by atoms with E-state index in [0.29, 0.717) is 41.4 Å². The first kappa shape index (κ1) is 68.0. The van der Waals surface area contributed by atoms with Crippen molar-refractivity contribution in [1.82, 2.24) is 9.55 Å². The minimum Gasteiger partial charge on any atom is -0.313 e. The molecule has 0 unspecified atom stereocenters. The summed E-state index contributed by atoms with van der Waals surface area (Å²) in [4.78, 5) is 15.9. The van der Waals surface area contributed by atoms with E-state index in [0.717, 1.165) is 29.2 Å². The maximum Gasteiger partial charge on any atom is 0.251 e. The van der Waals surface area contributed by atoms with Crippen LogP contribution >= 0.6 is 0 Å². The zero-order valence-corrected chi connectivity index (χ0v) is 55.6. The predicted octanol–water partition coefficient (Wildman–Crippen LogP) is 23.4. The molecule has 3 nitrogen and oxygen atoms in total. The Kier molecular flexibility index (Phi) is 26.7. The van der Waals surface area contributed by atoms with Crippen molar-refractivity contribution >= 4 is 10.8 Å². The predicted molar refractivity (Wildman–Crippen MR) is 359 cm³/mol. The molecule has 0 aliphatic heterocycles. The van der Waals surface area contributed by atoms with Crippen molar-refractivity contribution < 1.29 is 0 Å². The van der Waals surface area contributed by atoms with Crippen molar-refractivity contribution in [2.75, 3.05) is 0 Å². The molecule has 0 radical (unpaired) electrons. The fourth-order valence-corrected chi connectivity index (χ4v) is 10.2. The molecule has 440 valence electrons. The summed E-state index contributed by atoms with van der Waals surface area (Å²) in [7, 11) is 0. The lowest BCUT2D eigenvalue weighted by molar-refractivity contribution is 0.575. The Hall–Kier alpha value is -5.54. The monoisotopic (exact) mass is 1090 g/mol. The smallest absolute Gasteiger partial charge is 0.251 e. The fraction of sp³-hybridized carbons (Fsp3) is 0.513. The molecule has 9 rings (SSSR count).